The molecule has 0 aromatic heterocycles. The molecule has 1 aliphatic carbocycles. The maximum Gasteiger partial charge on any atom is 0.0820 e. The fourth-order valence-electron chi connectivity index (χ4n) is 3.11. The normalized spacial score (nSPS) is 18.1. The van der Waals surface area contributed by atoms with E-state index >= 15 is 0 Å². The van der Waals surface area contributed by atoms with Gasteiger partial charge in [0.15, 0.2) is 0 Å². The van der Waals surface area contributed by atoms with Gasteiger partial charge in [-0.1, -0.05) is 30.7 Å². The van der Waals surface area contributed by atoms with Crippen molar-refractivity contribution in [3.05, 3.63) is 35.4 Å². The van der Waals surface area contributed by atoms with Crippen LogP contribution >= 0.6 is 0 Å². The number of likely N-dealkylation sites (N-methyl/N-ethyl adjacent to an activating group) is 1. The van der Waals surface area contributed by atoms with E-state index in [0.717, 1.165) is 12.5 Å². The predicted octanol–water partition coefficient (Wildman–Crippen LogP) is 4.03. The van der Waals surface area contributed by atoms with Crippen LogP contribution in [0.5, 0.6) is 0 Å². The molecule has 2 nitrogen and oxygen atoms in total. The molecule has 0 aliphatic heterocycles. The van der Waals surface area contributed by atoms with Crippen LogP contribution in [0, 0.1) is 0 Å². The first-order chi connectivity index (χ1) is 9.08. The van der Waals surface area contributed by atoms with Crippen LogP contribution < -0.4 is 5.32 Å². The smallest absolute Gasteiger partial charge is 0.0820 e. The van der Waals surface area contributed by atoms with Gasteiger partial charge in [0, 0.05) is 6.61 Å². The van der Waals surface area contributed by atoms with E-state index in [9.17, 15) is 0 Å². The Morgan fingerprint density at radius 2 is 2.11 bits per heavy atom. The van der Waals surface area contributed by atoms with E-state index in [2.05, 4.69) is 50.4 Å². The van der Waals surface area contributed by atoms with E-state index in [1.165, 1.54) is 30.4 Å². The highest BCUT2D eigenvalue weighted by molar-refractivity contribution is 5.31. The monoisotopic (exact) mass is 261 g/mol. The first kappa shape index (κ1) is 14.5. The minimum atomic E-state index is -0.193. The molecular formula is C17H27NO. The Labute approximate surface area is 117 Å². The van der Waals surface area contributed by atoms with Gasteiger partial charge in [0.25, 0.3) is 0 Å². The molecule has 1 atom stereocenters. The van der Waals surface area contributed by atoms with E-state index in [0.29, 0.717) is 0 Å². The molecule has 0 spiro atoms. The zero-order chi connectivity index (χ0) is 13.9. The van der Waals surface area contributed by atoms with E-state index in [-0.39, 0.29) is 11.6 Å². The van der Waals surface area contributed by atoms with Crippen LogP contribution in [0.4, 0.5) is 0 Å². The summed E-state index contributed by atoms with van der Waals surface area (Å²) in [6, 6.07) is 9.27. The number of rotatable bonds is 6. The van der Waals surface area contributed by atoms with Gasteiger partial charge in [0.05, 0.1) is 11.6 Å². The third-order valence-corrected chi connectivity index (χ3v) is 4.32. The Morgan fingerprint density at radius 3 is 2.63 bits per heavy atom. The van der Waals surface area contributed by atoms with Crippen LogP contribution in [0.1, 0.15) is 63.1 Å². The molecular weight excluding hydrogens is 234 g/mol. The van der Waals surface area contributed by atoms with Gasteiger partial charge < -0.3 is 10.1 Å². The molecule has 0 bridgehead atoms. The molecule has 1 N–H and O–H groups in total. The lowest BCUT2D eigenvalue weighted by atomic mass is 9.79. The third-order valence-electron chi connectivity index (χ3n) is 4.32. The van der Waals surface area contributed by atoms with Crippen molar-refractivity contribution in [1.29, 1.82) is 0 Å². The van der Waals surface area contributed by atoms with Crippen LogP contribution in [-0.2, 0) is 4.74 Å². The van der Waals surface area contributed by atoms with Crippen LogP contribution in [0.25, 0.3) is 0 Å². The predicted molar refractivity (Wildman–Crippen MR) is 80.5 cm³/mol. The van der Waals surface area contributed by atoms with Crippen molar-refractivity contribution in [3.8, 4) is 0 Å². The highest BCUT2D eigenvalue weighted by Gasteiger charge is 2.31. The second-order valence-corrected chi connectivity index (χ2v) is 6.06. The minimum Gasteiger partial charge on any atom is -0.374 e. The van der Waals surface area contributed by atoms with Crippen molar-refractivity contribution in [2.75, 3.05) is 13.7 Å². The van der Waals surface area contributed by atoms with Gasteiger partial charge in [-0.3, -0.25) is 0 Å². The lowest BCUT2D eigenvalue weighted by Crippen LogP contribution is -2.40. The SMILES string of the molecule is CCOC(C)(C)C(NC)c1cccc(C2CCC2)c1. The van der Waals surface area contributed by atoms with Crippen molar-refractivity contribution in [2.24, 2.45) is 0 Å². The summed E-state index contributed by atoms with van der Waals surface area (Å²) >= 11 is 0. The number of benzene rings is 1. The molecule has 2 heteroatoms. The number of hydrogen-bond donors (Lipinski definition) is 1. The Morgan fingerprint density at radius 1 is 1.37 bits per heavy atom. The van der Waals surface area contributed by atoms with Gasteiger partial charge >= 0.3 is 0 Å². The Kier molecular flexibility index (Phi) is 4.64. The molecule has 0 radical (unpaired) electrons. The quantitative estimate of drug-likeness (QED) is 0.834. The topological polar surface area (TPSA) is 21.3 Å². The van der Waals surface area contributed by atoms with Crippen LogP contribution in [-0.4, -0.2) is 19.3 Å². The van der Waals surface area contributed by atoms with Gasteiger partial charge in [0.2, 0.25) is 0 Å². The van der Waals surface area contributed by atoms with E-state index < -0.39 is 0 Å². The van der Waals surface area contributed by atoms with Crippen molar-refractivity contribution in [1.82, 2.24) is 5.32 Å². The van der Waals surface area contributed by atoms with Gasteiger partial charge in [-0.25, -0.2) is 0 Å². The highest BCUT2D eigenvalue weighted by Crippen LogP contribution is 2.38. The third kappa shape index (κ3) is 3.18. The largest absolute Gasteiger partial charge is 0.374 e. The molecule has 19 heavy (non-hydrogen) atoms. The van der Waals surface area contributed by atoms with Crippen LogP contribution in [0.3, 0.4) is 0 Å². The lowest BCUT2D eigenvalue weighted by molar-refractivity contribution is -0.0375. The Bertz CT molecular complexity index is 409. The number of nitrogens with one attached hydrogen (secondary N) is 1. The van der Waals surface area contributed by atoms with Gasteiger partial charge in [-0.2, -0.15) is 0 Å². The summed E-state index contributed by atoms with van der Waals surface area (Å²) in [5.41, 5.74) is 2.64. The Balaban J connectivity index is 2.22. The van der Waals surface area contributed by atoms with E-state index in [4.69, 9.17) is 4.74 Å². The van der Waals surface area contributed by atoms with Crippen LogP contribution in [0.15, 0.2) is 24.3 Å². The molecule has 0 saturated heterocycles. The summed E-state index contributed by atoms with van der Waals surface area (Å²) in [6.07, 6.45) is 4.08. The molecule has 106 valence electrons. The summed E-state index contributed by atoms with van der Waals surface area (Å²) in [7, 11) is 2.02. The fraction of sp³-hybridized carbons (Fsp3) is 0.647. The zero-order valence-electron chi connectivity index (χ0n) is 12.7. The Hall–Kier alpha value is -0.860. The second-order valence-electron chi connectivity index (χ2n) is 6.06. The zero-order valence-corrected chi connectivity index (χ0v) is 12.7. The van der Waals surface area contributed by atoms with Crippen molar-refractivity contribution in [3.63, 3.8) is 0 Å². The second kappa shape index (κ2) is 6.06. The molecule has 2 rings (SSSR count). The highest BCUT2D eigenvalue weighted by atomic mass is 16.5. The van der Waals surface area contributed by atoms with Crippen LogP contribution in [0.2, 0.25) is 0 Å². The summed E-state index contributed by atoms with van der Waals surface area (Å²) in [5.74, 6) is 0.785. The number of ether oxygens (including phenoxy) is 1. The first-order valence-electron chi connectivity index (χ1n) is 7.49. The standard InChI is InChI=1S/C17H27NO/c1-5-19-17(2,3)16(18-4)15-11-7-10-14(12-15)13-8-6-9-13/h7,10-13,16,18H,5-6,8-9H2,1-4H3. The summed E-state index contributed by atoms with van der Waals surface area (Å²) in [4.78, 5) is 0. The summed E-state index contributed by atoms with van der Waals surface area (Å²) in [5, 5.41) is 3.42. The first-order valence-corrected chi connectivity index (χ1v) is 7.49. The molecule has 1 aromatic rings. The molecule has 1 saturated carbocycles. The van der Waals surface area contributed by atoms with Crippen molar-refractivity contribution >= 4 is 0 Å². The maximum absolute atomic E-state index is 5.91. The van der Waals surface area contributed by atoms with Gasteiger partial charge in [-0.05, 0) is 57.7 Å². The van der Waals surface area contributed by atoms with Crippen molar-refractivity contribution < 1.29 is 4.74 Å². The molecule has 0 amide bonds. The van der Waals surface area contributed by atoms with Crippen molar-refractivity contribution in [2.45, 2.75) is 57.6 Å². The summed E-state index contributed by atoms with van der Waals surface area (Å²) in [6.45, 7) is 7.12. The average Bonchev–Trinajstić information content (AvgIpc) is 2.27. The molecule has 0 heterocycles. The fourth-order valence-corrected chi connectivity index (χ4v) is 3.11. The van der Waals surface area contributed by atoms with Gasteiger partial charge in [-0.15, -0.1) is 0 Å². The molecule has 1 aliphatic rings. The lowest BCUT2D eigenvalue weighted by Gasteiger charge is -2.35. The molecule has 1 unspecified atom stereocenters. The average molecular weight is 261 g/mol. The maximum atomic E-state index is 5.91. The van der Waals surface area contributed by atoms with E-state index in [1.54, 1.807) is 0 Å². The van der Waals surface area contributed by atoms with Gasteiger partial charge in [0.1, 0.15) is 0 Å². The number of hydrogen-bond acceptors (Lipinski definition) is 2. The summed E-state index contributed by atoms with van der Waals surface area (Å²) < 4.78 is 5.91. The van der Waals surface area contributed by atoms with E-state index in [1.807, 2.05) is 7.05 Å². The molecule has 1 aromatic carbocycles. The minimum absolute atomic E-state index is 0.193. The molecule has 1 fully saturated rings.